The number of imidazole rings is 1. The molecule has 0 bridgehead atoms. The first kappa shape index (κ1) is 16.0. The van der Waals surface area contributed by atoms with Gasteiger partial charge in [0.05, 0.1) is 24.2 Å². The van der Waals surface area contributed by atoms with E-state index in [9.17, 15) is 0 Å². The van der Waals surface area contributed by atoms with E-state index in [0.29, 0.717) is 0 Å². The Morgan fingerprint density at radius 1 is 1.17 bits per heavy atom. The molecule has 1 N–H and O–H groups in total. The minimum atomic E-state index is 0.251. The Bertz CT molecular complexity index is 614. The van der Waals surface area contributed by atoms with E-state index >= 15 is 0 Å². The number of rotatable bonds is 5. The number of aromatic nitrogens is 3. The Labute approximate surface area is 137 Å². The number of morpholine rings is 1. The summed E-state index contributed by atoms with van der Waals surface area (Å²) in [5.74, 6) is 1.03. The van der Waals surface area contributed by atoms with Gasteiger partial charge in [0.1, 0.15) is 5.82 Å². The number of hydrogen-bond acceptors (Lipinski definition) is 5. The summed E-state index contributed by atoms with van der Waals surface area (Å²) in [6, 6.07) is 4.25. The highest BCUT2D eigenvalue weighted by atomic mass is 16.5. The molecule has 3 heterocycles. The first-order valence-corrected chi connectivity index (χ1v) is 8.13. The molecule has 1 aliphatic heterocycles. The van der Waals surface area contributed by atoms with Crippen molar-refractivity contribution in [3.8, 4) is 0 Å². The third-order valence-electron chi connectivity index (χ3n) is 4.10. The smallest absolute Gasteiger partial charge is 0.128 e. The molecule has 0 spiro atoms. The van der Waals surface area contributed by atoms with Crippen LogP contribution in [0.5, 0.6) is 0 Å². The van der Waals surface area contributed by atoms with Crippen molar-refractivity contribution < 1.29 is 4.74 Å². The lowest BCUT2D eigenvalue weighted by atomic mass is 10.2. The molecule has 2 aromatic heterocycles. The zero-order valence-electron chi connectivity index (χ0n) is 14.1. The Hall–Kier alpha value is -1.92. The Kier molecular flexibility index (Phi) is 4.93. The van der Waals surface area contributed by atoms with Gasteiger partial charge in [-0.1, -0.05) is 6.07 Å². The average molecular weight is 315 g/mol. The Morgan fingerprint density at radius 2 is 1.96 bits per heavy atom. The maximum atomic E-state index is 5.77. The summed E-state index contributed by atoms with van der Waals surface area (Å²) in [4.78, 5) is 11.0. The maximum Gasteiger partial charge on any atom is 0.128 e. The summed E-state index contributed by atoms with van der Waals surface area (Å²) in [5, 5.41) is 3.42. The largest absolute Gasteiger partial charge is 0.372 e. The quantitative estimate of drug-likeness (QED) is 0.910. The zero-order chi connectivity index (χ0) is 16.2. The van der Waals surface area contributed by atoms with Crippen LogP contribution in [0.25, 0.3) is 0 Å². The van der Waals surface area contributed by atoms with Crippen LogP contribution in [-0.4, -0.2) is 39.8 Å². The monoisotopic (exact) mass is 315 g/mol. The SMILES string of the molecule is CC1CN(c2ccc(CNCc3cncn3C)cn2)CC(C)O1. The highest BCUT2D eigenvalue weighted by Crippen LogP contribution is 2.18. The average Bonchev–Trinajstić information content (AvgIpc) is 2.92. The van der Waals surface area contributed by atoms with E-state index in [1.807, 2.05) is 30.3 Å². The van der Waals surface area contributed by atoms with Gasteiger partial charge in [0.25, 0.3) is 0 Å². The lowest BCUT2D eigenvalue weighted by Crippen LogP contribution is -2.45. The van der Waals surface area contributed by atoms with E-state index in [2.05, 4.69) is 46.2 Å². The van der Waals surface area contributed by atoms with Crippen LogP contribution < -0.4 is 10.2 Å². The van der Waals surface area contributed by atoms with Gasteiger partial charge in [0, 0.05) is 45.6 Å². The van der Waals surface area contributed by atoms with E-state index in [0.717, 1.165) is 32.0 Å². The van der Waals surface area contributed by atoms with Gasteiger partial charge in [0.2, 0.25) is 0 Å². The lowest BCUT2D eigenvalue weighted by Gasteiger charge is -2.36. The van der Waals surface area contributed by atoms with Gasteiger partial charge in [-0.3, -0.25) is 0 Å². The molecular weight excluding hydrogens is 290 g/mol. The molecule has 0 radical (unpaired) electrons. The van der Waals surface area contributed by atoms with Gasteiger partial charge in [-0.2, -0.15) is 0 Å². The van der Waals surface area contributed by atoms with Gasteiger partial charge in [-0.25, -0.2) is 9.97 Å². The number of ether oxygens (including phenoxy) is 1. The van der Waals surface area contributed by atoms with Gasteiger partial charge in [0.15, 0.2) is 0 Å². The molecule has 1 saturated heterocycles. The fourth-order valence-corrected chi connectivity index (χ4v) is 2.96. The molecule has 2 aromatic rings. The van der Waals surface area contributed by atoms with Crippen LogP contribution >= 0.6 is 0 Å². The summed E-state index contributed by atoms with van der Waals surface area (Å²) in [7, 11) is 2.00. The highest BCUT2D eigenvalue weighted by Gasteiger charge is 2.22. The molecule has 2 unspecified atom stereocenters. The standard InChI is InChI=1S/C17H25N5O/c1-13-10-22(11-14(2)23-13)17-5-4-15(7-20-17)6-18-8-16-9-19-12-21(16)3/h4-5,7,9,12-14,18H,6,8,10-11H2,1-3H3. The first-order valence-electron chi connectivity index (χ1n) is 8.13. The van der Waals surface area contributed by atoms with Crippen molar-refractivity contribution >= 4 is 5.82 Å². The topological polar surface area (TPSA) is 55.2 Å². The predicted molar refractivity (Wildman–Crippen MR) is 90.2 cm³/mol. The van der Waals surface area contributed by atoms with Crippen LogP contribution in [0.15, 0.2) is 30.9 Å². The molecule has 0 aromatic carbocycles. The van der Waals surface area contributed by atoms with E-state index in [4.69, 9.17) is 4.74 Å². The van der Waals surface area contributed by atoms with Crippen molar-refractivity contribution in [2.45, 2.75) is 39.1 Å². The van der Waals surface area contributed by atoms with Crippen LogP contribution in [0.4, 0.5) is 5.82 Å². The van der Waals surface area contributed by atoms with Crippen molar-refractivity contribution in [3.05, 3.63) is 42.1 Å². The van der Waals surface area contributed by atoms with E-state index < -0.39 is 0 Å². The van der Waals surface area contributed by atoms with Crippen molar-refractivity contribution in [1.29, 1.82) is 0 Å². The molecule has 6 heteroatoms. The number of hydrogen-bond donors (Lipinski definition) is 1. The molecule has 1 aliphatic rings. The fraction of sp³-hybridized carbons (Fsp3) is 0.529. The number of nitrogens with one attached hydrogen (secondary N) is 1. The molecule has 0 saturated carbocycles. The third kappa shape index (κ3) is 4.09. The van der Waals surface area contributed by atoms with Gasteiger partial charge in [-0.15, -0.1) is 0 Å². The summed E-state index contributed by atoms with van der Waals surface area (Å²) < 4.78 is 7.80. The summed E-state index contributed by atoms with van der Waals surface area (Å²) in [6.07, 6.45) is 6.16. The molecule has 23 heavy (non-hydrogen) atoms. The van der Waals surface area contributed by atoms with Crippen LogP contribution in [0.1, 0.15) is 25.1 Å². The summed E-state index contributed by atoms with van der Waals surface area (Å²) in [6.45, 7) is 7.62. The molecule has 3 rings (SSSR count). The third-order valence-corrected chi connectivity index (χ3v) is 4.10. The Morgan fingerprint density at radius 3 is 2.57 bits per heavy atom. The first-order chi connectivity index (χ1) is 11.1. The minimum Gasteiger partial charge on any atom is -0.372 e. The molecule has 1 fully saturated rings. The molecule has 0 amide bonds. The van der Waals surface area contributed by atoms with Gasteiger partial charge < -0.3 is 19.5 Å². The van der Waals surface area contributed by atoms with Gasteiger partial charge >= 0.3 is 0 Å². The van der Waals surface area contributed by atoms with Crippen molar-refractivity contribution in [2.75, 3.05) is 18.0 Å². The number of pyridine rings is 1. The van der Waals surface area contributed by atoms with Crippen molar-refractivity contribution in [3.63, 3.8) is 0 Å². The van der Waals surface area contributed by atoms with Crippen LogP contribution in [0, 0.1) is 0 Å². The molecule has 0 aliphatic carbocycles. The van der Waals surface area contributed by atoms with E-state index in [1.165, 1.54) is 11.3 Å². The maximum absolute atomic E-state index is 5.77. The van der Waals surface area contributed by atoms with Crippen molar-refractivity contribution in [2.24, 2.45) is 7.05 Å². The molecule has 124 valence electrons. The van der Waals surface area contributed by atoms with Gasteiger partial charge in [-0.05, 0) is 25.5 Å². The fourth-order valence-electron chi connectivity index (χ4n) is 2.96. The highest BCUT2D eigenvalue weighted by molar-refractivity contribution is 5.40. The number of aryl methyl sites for hydroxylation is 1. The summed E-state index contributed by atoms with van der Waals surface area (Å²) in [5.41, 5.74) is 2.36. The van der Waals surface area contributed by atoms with E-state index in [1.54, 1.807) is 0 Å². The molecular formula is C17H25N5O. The Balaban J connectivity index is 1.53. The van der Waals surface area contributed by atoms with Crippen molar-refractivity contribution in [1.82, 2.24) is 19.9 Å². The number of nitrogens with zero attached hydrogens (tertiary/aromatic N) is 4. The minimum absolute atomic E-state index is 0.251. The molecule has 6 nitrogen and oxygen atoms in total. The zero-order valence-corrected chi connectivity index (χ0v) is 14.1. The number of anilines is 1. The van der Waals surface area contributed by atoms with Crippen LogP contribution in [-0.2, 0) is 24.9 Å². The predicted octanol–water partition coefficient (Wildman–Crippen LogP) is 1.72. The second-order valence-electron chi connectivity index (χ2n) is 6.29. The second-order valence-corrected chi connectivity index (χ2v) is 6.29. The van der Waals surface area contributed by atoms with Crippen LogP contribution in [0.2, 0.25) is 0 Å². The van der Waals surface area contributed by atoms with E-state index in [-0.39, 0.29) is 12.2 Å². The van der Waals surface area contributed by atoms with Crippen LogP contribution in [0.3, 0.4) is 0 Å². The summed E-state index contributed by atoms with van der Waals surface area (Å²) >= 11 is 0. The lowest BCUT2D eigenvalue weighted by molar-refractivity contribution is -0.00545. The molecule has 2 atom stereocenters. The second kappa shape index (κ2) is 7.10. The normalized spacial score (nSPS) is 21.6.